The lowest BCUT2D eigenvalue weighted by atomic mass is 9.91. The van der Waals surface area contributed by atoms with Gasteiger partial charge in [0.1, 0.15) is 11.6 Å². The molecule has 3 amide bonds. The number of anilines is 1. The van der Waals surface area contributed by atoms with E-state index in [1.807, 2.05) is 38.1 Å². The SMILES string of the molecule is CC(C)c1ccc(NS(=O)(=O)NC(=O)[C@]23CC(=O)[C@@H]4CCCN4C(=O)[C@@H](NC(=O)OC(C)(C)C)CCCCC/C=C\[C@@H]2C3)cc1. The number of carbonyl (C=O) groups excluding carboxylic acids is 4. The standard InChI is InChI=1S/C33H48N4O7S/c1-22(2)23-15-17-25(18-16-23)35-45(42,43)36-30(40)33-20-24(33)12-9-7-6-8-10-13-26(34-31(41)44-32(3,4)5)29(39)37-19-11-14-27(37)28(38)21-33/h9,12,15-18,22,24,26-27,35H,6-8,10-11,13-14,19-21H2,1-5H3,(H,34,41)(H,36,40)/b12-9-/t24-,26+,27+,33-/m1/s1. The van der Waals surface area contributed by atoms with Gasteiger partial charge in [-0.3, -0.25) is 19.1 Å². The molecule has 1 aromatic rings. The Morgan fingerprint density at radius 2 is 1.73 bits per heavy atom. The minimum absolute atomic E-state index is 0.189. The third-order valence-corrected chi connectivity index (χ3v) is 9.72. The van der Waals surface area contributed by atoms with Gasteiger partial charge in [0.05, 0.1) is 17.1 Å². The van der Waals surface area contributed by atoms with Crippen molar-refractivity contribution in [3.63, 3.8) is 0 Å². The van der Waals surface area contributed by atoms with Crippen LogP contribution in [0.1, 0.15) is 104 Å². The van der Waals surface area contributed by atoms with Crippen molar-refractivity contribution >= 4 is 39.6 Å². The Hall–Kier alpha value is -3.41. The van der Waals surface area contributed by atoms with E-state index in [-0.39, 0.29) is 29.9 Å². The first kappa shape index (κ1) is 34.5. The lowest BCUT2D eigenvalue weighted by Crippen LogP contribution is -2.53. The summed E-state index contributed by atoms with van der Waals surface area (Å²) in [5.74, 6) is -1.37. The van der Waals surface area contributed by atoms with E-state index in [0.717, 1.165) is 24.8 Å². The molecule has 4 rings (SSSR count). The van der Waals surface area contributed by atoms with E-state index in [1.165, 1.54) is 4.90 Å². The zero-order valence-electron chi connectivity index (χ0n) is 27.1. The van der Waals surface area contributed by atoms with Crippen molar-refractivity contribution in [2.24, 2.45) is 11.3 Å². The quantitative estimate of drug-likeness (QED) is 0.371. The largest absolute Gasteiger partial charge is 0.444 e. The number of fused-ring (bicyclic) bond motifs is 2. The molecule has 0 spiro atoms. The summed E-state index contributed by atoms with van der Waals surface area (Å²) in [6.45, 7) is 9.67. The number of amides is 3. The van der Waals surface area contributed by atoms with Crippen LogP contribution in [0, 0.1) is 11.3 Å². The highest BCUT2D eigenvalue weighted by Gasteiger charge is 2.61. The minimum Gasteiger partial charge on any atom is -0.444 e. The number of rotatable bonds is 6. The van der Waals surface area contributed by atoms with Crippen molar-refractivity contribution in [3.8, 4) is 0 Å². The van der Waals surface area contributed by atoms with E-state index >= 15 is 0 Å². The zero-order chi connectivity index (χ0) is 33.0. The molecule has 11 nitrogen and oxygen atoms in total. The number of benzene rings is 1. The minimum atomic E-state index is -4.27. The summed E-state index contributed by atoms with van der Waals surface area (Å²) < 4.78 is 36.0. The number of Topliss-reactive ketones (excluding diaryl/α,β-unsaturated/α-hetero) is 1. The molecule has 2 fully saturated rings. The van der Waals surface area contributed by atoms with Crippen molar-refractivity contribution in [1.82, 2.24) is 14.9 Å². The van der Waals surface area contributed by atoms with E-state index in [2.05, 4.69) is 14.8 Å². The van der Waals surface area contributed by atoms with Gasteiger partial charge in [0, 0.05) is 13.0 Å². The predicted molar refractivity (Wildman–Crippen MR) is 171 cm³/mol. The topological polar surface area (TPSA) is 151 Å². The summed E-state index contributed by atoms with van der Waals surface area (Å²) in [7, 11) is -4.27. The van der Waals surface area contributed by atoms with Gasteiger partial charge in [0.2, 0.25) is 11.8 Å². The zero-order valence-corrected chi connectivity index (χ0v) is 27.9. The fourth-order valence-corrected chi connectivity index (χ4v) is 7.16. The maximum atomic E-state index is 13.8. The molecule has 3 aliphatic rings. The number of nitrogens with zero attached hydrogens (tertiary/aromatic N) is 1. The van der Waals surface area contributed by atoms with Gasteiger partial charge in [0.15, 0.2) is 5.78 Å². The van der Waals surface area contributed by atoms with E-state index in [4.69, 9.17) is 4.74 Å². The molecule has 3 N–H and O–H groups in total. The Labute approximate surface area is 267 Å². The van der Waals surface area contributed by atoms with Crippen molar-refractivity contribution in [2.45, 2.75) is 116 Å². The maximum Gasteiger partial charge on any atom is 0.408 e. The van der Waals surface area contributed by atoms with Crippen LogP contribution in [0.15, 0.2) is 36.4 Å². The molecule has 0 unspecified atom stereocenters. The van der Waals surface area contributed by atoms with Crippen LogP contribution in [0.4, 0.5) is 10.5 Å². The summed E-state index contributed by atoms with van der Waals surface area (Å²) in [6, 6.07) is 5.34. The number of alkyl carbamates (subject to hydrolysis) is 1. The molecule has 248 valence electrons. The van der Waals surface area contributed by atoms with Crippen LogP contribution >= 0.6 is 0 Å². The van der Waals surface area contributed by atoms with Gasteiger partial charge in [-0.1, -0.05) is 51.0 Å². The molecule has 12 heteroatoms. The molecule has 4 atom stereocenters. The summed E-state index contributed by atoms with van der Waals surface area (Å²) in [5.41, 5.74) is -0.594. The van der Waals surface area contributed by atoms with E-state index in [9.17, 15) is 27.6 Å². The second-order valence-corrected chi connectivity index (χ2v) is 15.3. The van der Waals surface area contributed by atoms with Gasteiger partial charge in [-0.15, -0.1) is 0 Å². The molecular weight excluding hydrogens is 596 g/mol. The average molecular weight is 645 g/mol. The molecule has 0 radical (unpaired) electrons. The fourth-order valence-electron chi connectivity index (χ4n) is 6.22. The maximum absolute atomic E-state index is 13.8. The lowest BCUT2D eigenvalue weighted by molar-refractivity contribution is -0.140. The molecule has 0 aromatic heterocycles. The van der Waals surface area contributed by atoms with Crippen LogP contribution in [-0.2, 0) is 29.3 Å². The Morgan fingerprint density at radius 3 is 2.40 bits per heavy atom. The molecule has 45 heavy (non-hydrogen) atoms. The highest BCUT2D eigenvalue weighted by molar-refractivity contribution is 7.91. The van der Waals surface area contributed by atoms with E-state index in [1.54, 1.807) is 32.9 Å². The van der Waals surface area contributed by atoms with Gasteiger partial charge >= 0.3 is 16.3 Å². The van der Waals surface area contributed by atoms with Crippen molar-refractivity contribution in [1.29, 1.82) is 0 Å². The summed E-state index contributed by atoms with van der Waals surface area (Å²) >= 11 is 0. The number of nitrogens with one attached hydrogen (secondary N) is 3. The predicted octanol–water partition coefficient (Wildman–Crippen LogP) is 4.95. The number of allylic oxidation sites excluding steroid dienone is 2. The van der Waals surface area contributed by atoms with Crippen LogP contribution in [0.3, 0.4) is 0 Å². The van der Waals surface area contributed by atoms with Gasteiger partial charge in [0.25, 0.3) is 0 Å². The summed E-state index contributed by atoms with van der Waals surface area (Å²) in [4.78, 5) is 55.3. The fraction of sp³-hybridized carbons (Fsp3) is 0.636. The molecular formula is C33H48N4O7S. The normalized spacial score (nSPS) is 27.0. The smallest absolute Gasteiger partial charge is 0.408 e. The van der Waals surface area contributed by atoms with Crippen molar-refractivity contribution < 1.29 is 32.3 Å². The summed E-state index contributed by atoms with van der Waals surface area (Å²) in [6.07, 6.45) is 7.93. The molecule has 1 saturated carbocycles. The lowest BCUT2D eigenvalue weighted by Gasteiger charge is -2.30. The highest BCUT2D eigenvalue weighted by Crippen LogP contribution is 2.57. The molecule has 1 aliphatic carbocycles. The van der Waals surface area contributed by atoms with E-state index in [0.29, 0.717) is 44.3 Å². The molecule has 2 heterocycles. The summed E-state index contributed by atoms with van der Waals surface area (Å²) in [5, 5.41) is 2.73. The van der Waals surface area contributed by atoms with E-state index < -0.39 is 45.3 Å². The Kier molecular flexibility index (Phi) is 10.7. The highest BCUT2D eigenvalue weighted by atomic mass is 32.2. The number of hydrogen-bond donors (Lipinski definition) is 3. The molecule has 1 saturated heterocycles. The van der Waals surface area contributed by atoms with Crippen LogP contribution in [0.25, 0.3) is 0 Å². The number of ketones is 1. The van der Waals surface area contributed by atoms with Crippen LogP contribution < -0.4 is 14.8 Å². The molecule has 2 aliphatic heterocycles. The Morgan fingerprint density at radius 1 is 1.02 bits per heavy atom. The van der Waals surface area contributed by atoms with Crippen molar-refractivity contribution in [2.75, 3.05) is 11.3 Å². The van der Waals surface area contributed by atoms with Crippen molar-refractivity contribution in [3.05, 3.63) is 42.0 Å². The first-order chi connectivity index (χ1) is 21.1. The van der Waals surface area contributed by atoms with Gasteiger partial charge < -0.3 is 15.0 Å². The van der Waals surface area contributed by atoms with Gasteiger partial charge in [-0.05, 0) is 88.8 Å². The molecule has 1 aromatic carbocycles. The average Bonchev–Trinajstić information content (AvgIpc) is 3.39. The first-order valence-electron chi connectivity index (χ1n) is 16.0. The van der Waals surface area contributed by atoms with Crippen LogP contribution in [0.2, 0.25) is 0 Å². The van der Waals surface area contributed by atoms with Crippen LogP contribution in [0.5, 0.6) is 0 Å². The number of carbonyl (C=O) groups is 4. The second-order valence-electron chi connectivity index (χ2n) is 13.9. The Balaban J connectivity index is 1.52. The number of hydrogen-bond acceptors (Lipinski definition) is 7. The van der Waals surface area contributed by atoms with Gasteiger partial charge in [-0.2, -0.15) is 8.42 Å². The number of ether oxygens (including phenoxy) is 1. The Bertz CT molecular complexity index is 1400. The first-order valence-corrected chi connectivity index (χ1v) is 17.5. The van der Waals surface area contributed by atoms with Crippen LogP contribution in [-0.4, -0.2) is 61.2 Å². The van der Waals surface area contributed by atoms with Gasteiger partial charge in [-0.25, -0.2) is 9.52 Å². The third-order valence-electron chi connectivity index (χ3n) is 8.76. The monoisotopic (exact) mass is 644 g/mol. The second kappa shape index (κ2) is 13.9. The third kappa shape index (κ3) is 9.08. The molecule has 0 bridgehead atoms.